The summed E-state index contributed by atoms with van der Waals surface area (Å²) in [6.45, 7) is 2.83. The Hall–Kier alpha value is -1.55. The highest BCUT2D eigenvalue weighted by Crippen LogP contribution is 2.14. The fourth-order valence-corrected chi connectivity index (χ4v) is 1.35. The third-order valence-electron chi connectivity index (χ3n) is 2.34. The van der Waals surface area contributed by atoms with Crippen LogP contribution in [-0.2, 0) is 11.2 Å². The Balaban J connectivity index is 2.54. The van der Waals surface area contributed by atoms with Crippen molar-refractivity contribution >= 4 is 5.91 Å². The van der Waals surface area contributed by atoms with Crippen LogP contribution in [0.3, 0.4) is 0 Å². The molecule has 88 valence electrons. The lowest BCUT2D eigenvalue weighted by Gasteiger charge is -2.08. The number of benzene rings is 1. The van der Waals surface area contributed by atoms with Crippen molar-refractivity contribution in [2.75, 3.05) is 13.2 Å². The molecule has 4 nitrogen and oxygen atoms in total. The summed E-state index contributed by atoms with van der Waals surface area (Å²) in [6.07, 6.45) is 0.659. The molecule has 0 bridgehead atoms. The van der Waals surface area contributed by atoms with Gasteiger partial charge in [0.1, 0.15) is 12.4 Å². The zero-order valence-corrected chi connectivity index (χ0v) is 9.48. The molecule has 1 rings (SSSR count). The zero-order chi connectivity index (χ0) is 12.0. The van der Waals surface area contributed by atoms with E-state index in [9.17, 15) is 4.79 Å². The predicted octanol–water partition coefficient (Wildman–Crippen LogP) is 0.688. The van der Waals surface area contributed by atoms with Gasteiger partial charge in [0, 0.05) is 12.5 Å². The van der Waals surface area contributed by atoms with Gasteiger partial charge in [-0.05, 0) is 24.1 Å². The Morgan fingerprint density at radius 2 is 2.00 bits per heavy atom. The van der Waals surface area contributed by atoms with Gasteiger partial charge in [-0.1, -0.05) is 19.1 Å². The van der Waals surface area contributed by atoms with Crippen LogP contribution in [0.5, 0.6) is 5.75 Å². The number of carbonyl (C=O) groups is 1. The predicted molar refractivity (Wildman–Crippen MR) is 63.1 cm³/mol. The number of ether oxygens (including phenoxy) is 1. The Morgan fingerprint density at radius 1 is 1.38 bits per heavy atom. The lowest BCUT2D eigenvalue weighted by molar-refractivity contribution is -0.121. The van der Waals surface area contributed by atoms with Crippen LogP contribution in [0.25, 0.3) is 0 Å². The van der Waals surface area contributed by atoms with Crippen molar-refractivity contribution in [3.05, 3.63) is 29.8 Å². The summed E-state index contributed by atoms with van der Waals surface area (Å²) >= 11 is 0. The molecule has 0 heterocycles. The second-order valence-electron chi connectivity index (χ2n) is 3.79. The molecule has 1 amide bonds. The Morgan fingerprint density at radius 3 is 2.50 bits per heavy atom. The van der Waals surface area contributed by atoms with Gasteiger partial charge in [0.25, 0.3) is 0 Å². The van der Waals surface area contributed by atoms with Gasteiger partial charge in [-0.2, -0.15) is 0 Å². The molecule has 16 heavy (non-hydrogen) atoms. The summed E-state index contributed by atoms with van der Waals surface area (Å²) in [5.41, 5.74) is 11.6. The maximum atomic E-state index is 10.9. The van der Waals surface area contributed by atoms with Crippen molar-refractivity contribution in [2.24, 2.45) is 17.4 Å². The fourth-order valence-electron chi connectivity index (χ4n) is 1.35. The van der Waals surface area contributed by atoms with Crippen molar-refractivity contribution in [3.8, 4) is 5.75 Å². The summed E-state index contributed by atoms with van der Waals surface area (Å²) in [4.78, 5) is 10.9. The van der Waals surface area contributed by atoms with E-state index < -0.39 is 0 Å². The van der Waals surface area contributed by atoms with Crippen LogP contribution in [0.1, 0.15) is 12.5 Å². The molecule has 0 saturated carbocycles. The Bertz CT molecular complexity index is 335. The largest absolute Gasteiger partial charge is 0.492 e. The van der Waals surface area contributed by atoms with Crippen molar-refractivity contribution in [2.45, 2.75) is 13.3 Å². The average Bonchev–Trinajstić information content (AvgIpc) is 2.28. The van der Waals surface area contributed by atoms with Gasteiger partial charge in [-0.25, -0.2) is 0 Å². The minimum Gasteiger partial charge on any atom is -0.492 e. The topological polar surface area (TPSA) is 78.3 Å². The van der Waals surface area contributed by atoms with E-state index in [-0.39, 0.29) is 11.8 Å². The maximum Gasteiger partial charge on any atom is 0.220 e. The minimum absolute atomic E-state index is 0.143. The van der Waals surface area contributed by atoms with Crippen molar-refractivity contribution in [1.82, 2.24) is 0 Å². The van der Waals surface area contributed by atoms with Crippen molar-refractivity contribution < 1.29 is 9.53 Å². The summed E-state index contributed by atoms with van der Waals surface area (Å²) in [5, 5.41) is 0. The molecule has 0 aromatic heterocycles. The van der Waals surface area contributed by atoms with Crippen LogP contribution in [0.2, 0.25) is 0 Å². The number of carbonyl (C=O) groups excluding carboxylic acids is 1. The maximum absolute atomic E-state index is 10.9. The molecule has 1 atom stereocenters. The van der Waals surface area contributed by atoms with Gasteiger partial charge in [-0.15, -0.1) is 0 Å². The Labute approximate surface area is 95.6 Å². The molecule has 0 aliphatic rings. The summed E-state index contributed by atoms with van der Waals surface area (Å²) in [5.74, 6) is 0.375. The summed E-state index contributed by atoms with van der Waals surface area (Å²) in [6, 6.07) is 7.62. The molecule has 1 unspecified atom stereocenters. The van der Waals surface area contributed by atoms with Gasteiger partial charge >= 0.3 is 0 Å². The zero-order valence-electron chi connectivity index (χ0n) is 9.48. The highest BCUT2D eigenvalue weighted by atomic mass is 16.5. The first kappa shape index (κ1) is 12.5. The summed E-state index contributed by atoms with van der Waals surface area (Å²) in [7, 11) is 0. The van der Waals surface area contributed by atoms with E-state index in [1.807, 2.05) is 31.2 Å². The van der Waals surface area contributed by atoms with Crippen LogP contribution in [0.15, 0.2) is 24.3 Å². The van der Waals surface area contributed by atoms with E-state index in [0.717, 1.165) is 11.3 Å². The highest BCUT2D eigenvalue weighted by Gasteiger charge is 2.09. The van der Waals surface area contributed by atoms with Gasteiger partial charge < -0.3 is 16.2 Å². The second kappa shape index (κ2) is 6.12. The van der Waals surface area contributed by atoms with Crippen molar-refractivity contribution in [3.63, 3.8) is 0 Å². The first-order valence-corrected chi connectivity index (χ1v) is 5.34. The van der Waals surface area contributed by atoms with Gasteiger partial charge in [0.2, 0.25) is 5.91 Å². The molecule has 0 aliphatic heterocycles. The summed E-state index contributed by atoms with van der Waals surface area (Å²) < 4.78 is 5.35. The van der Waals surface area contributed by atoms with Gasteiger partial charge in [-0.3, -0.25) is 4.79 Å². The molecule has 4 N–H and O–H groups in total. The van der Waals surface area contributed by atoms with Crippen LogP contribution in [0, 0.1) is 5.92 Å². The molecule has 1 aromatic rings. The molecular formula is C12H18N2O2. The number of hydrogen-bond acceptors (Lipinski definition) is 3. The molecule has 4 heteroatoms. The van der Waals surface area contributed by atoms with Crippen LogP contribution < -0.4 is 16.2 Å². The SMILES string of the molecule is CC(Cc1ccc(OCCN)cc1)C(N)=O. The van der Waals surface area contributed by atoms with E-state index in [4.69, 9.17) is 16.2 Å². The van der Waals surface area contributed by atoms with Crippen molar-refractivity contribution in [1.29, 1.82) is 0 Å². The minimum atomic E-state index is -0.275. The third kappa shape index (κ3) is 3.90. The highest BCUT2D eigenvalue weighted by molar-refractivity contribution is 5.76. The number of amides is 1. The lowest BCUT2D eigenvalue weighted by atomic mass is 10.0. The second-order valence-corrected chi connectivity index (χ2v) is 3.79. The first-order chi connectivity index (χ1) is 7.63. The van der Waals surface area contributed by atoms with E-state index in [1.165, 1.54) is 0 Å². The third-order valence-corrected chi connectivity index (χ3v) is 2.34. The molecular weight excluding hydrogens is 204 g/mol. The quantitative estimate of drug-likeness (QED) is 0.743. The van der Waals surface area contributed by atoms with Gasteiger partial charge in [0.05, 0.1) is 0 Å². The smallest absolute Gasteiger partial charge is 0.220 e. The number of primary amides is 1. The van der Waals surface area contributed by atoms with Crippen LogP contribution >= 0.6 is 0 Å². The number of nitrogens with two attached hydrogens (primary N) is 2. The first-order valence-electron chi connectivity index (χ1n) is 5.34. The van der Waals surface area contributed by atoms with E-state index in [0.29, 0.717) is 19.6 Å². The monoisotopic (exact) mass is 222 g/mol. The molecule has 1 aromatic carbocycles. The van der Waals surface area contributed by atoms with Gasteiger partial charge in [0.15, 0.2) is 0 Å². The molecule has 0 radical (unpaired) electrons. The van der Waals surface area contributed by atoms with E-state index in [2.05, 4.69) is 0 Å². The molecule has 0 fully saturated rings. The van der Waals surface area contributed by atoms with Crippen LogP contribution in [-0.4, -0.2) is 19.1 Å². The van der Waals surface area contributed by atoms with Crippen LogP contribution in [0.4, 0.5) is 0 Å². The number of rotatable bonds is 6. The molecule has 0 saturated heterocycles. The van der Waals surface area contributed by atoms with E-state index in [1.54, 1.807) is 0 Å². The fraction of sp³-hybridized carbons (Fsp3) is 0.417. The molecule has 0 spiro atoms. The number of hydrogen-bond donors (Lipinski definition) is 2. The normalized spacial score (nSPS) is 12.1. The Kier molecular flexibility index (Phi) is 4.79. The standard InChI is InChI=1S/C12H18N2O2/c1-9(12(14)15)8-10-2-4-11(5-3-10)16-7-6-13/h2-5,9H,6-8,13H2,1H3,(H2,14,15). The van der Waals surface area contributed by atoms with E-state index >= 15 is 0 Å². The lowest BCUT2D eigenvalue weighted by Crippen LogP contribution is -2.22. The molecule has 0 aliphatic carbocycles. The average molecular weight is 222 g/mol.